The van der Waals surface area contributed by atoms with Crippen molar-refractivity contribution in [3.63, 3.8) is 0 Å². The number of amides is 2. The molecule has 0 fully saturated rings. The van der Waals surface area contributed by atoms with Crippen molar-refractivity contribution in [3.8, 4) is 11.5 Å². The van der Waals surface area contributed by atoms with Crippen LogP contribution >= 0.6 is 0 Å². The van der Waals surface area contributed by atoms with E-state index in [2.05, 4.69) is 10.6 Å². The summed E-state index contributed by atoms with van der Waals surface area (Å²) in [5.74, 6) is 1.20. The molecule has 1 aliphatic rings. The van der Waals surface area contributed by atoms with Crippen LogP contribution in [0.15, 0.2) is 42.5 Å². The van der Waals surface area contributed by atoms with Gasteiger partial charge in [-0.3, -0.25) is 0 Å². The number of ether oxygens (including phenoxy) is 2. The van der Waals surface area contributed by atoms with Crippen LogP contribution in [-0.2, 0) is 19.5 Å². The van der Waals surface area contributed by atoms with E-state index in [1.165, 1.54) is 6.07 Å². The van der Waals surface area contributed by atoms with Gasteiger partial charge in [0, 0.05) is 18.7 Å². The van der Waals surface area contributed by atoms with Crippen molar-refractivity contribution >= 4 is 6.03 Å². The fraction of sp³-hybridized carbons (Fsp3) is 0.278. The largest absolute Gasteiger partial charge is 0.454 e. The Morgan fingerprint density at radius 1 is 0.923 bits per heavy atom. The lowest BCUT2D eigenvalue weighted by Gasteiger charge is -2.13. The first-order valence-corrected chi connectivity index (χ1v) is 7.95. The number of hydrogen-bond acceptors (Lipinski definition) is 3. The van der Waals surface area contributed by atoms with E-state index in [1.54, 1.807) is 36.4 Å². The molecule has 0 spiro atoms. The van der Waals surface area contributed by atoms with Gasteiger partial charge in [0.05, 0.1) is 6.42 Å². The van der Waals surface area contributed by atoms with Gasteiger partial charge >= 0.3 is 12.2 Å². The lowest BCUT2D eigenvalue weighted by atomic mass is 10.0. The van der Waals surface area contributed by atoms with Gasteiger partial charge in [-0.05, 0) is 17.2 Å². The maximum Gasteiger partial charge on any atom is 0.393 e. The topological polar surface area (TPSA) is 59.6 Å². The molecular formula is C18H17F3N2O3. The molecule has 8 heteroatoms. The summed E-state index contributed by atoms with van der Waals surface area (Å²) in [7, 11) is 0. The molecule has 138 valence electrons. The number of carbonyl (C=O) groups is 1. The minimum absolute atomic E-state index is 0.00456. The summed E-state index contributed by atoms with van der Waals surface area (Å²) in [4.78, 5) is 12.0. The SMILES string of the molecule is O=C(NCc1ccccc1CC(F)(F)F)NCc1cccc2c1OCO2. The normalized spacial score (nSPS) is 12.7. The molecule has 2 N–H and O–H groups in total. The summed E-state index contributed by atoms with van der Waals surface area (Å²) in [6.07, 6.45) is -5.33. The van der Waals surface area contributed by atoms with Gasteiger partial charge in [-0.2, -0.15) is 13.2 Å². The second kappa shape index (κ2) is 7.55. The van der Waals surface area contributed by atoms with Crippen LogP contribution in [0.3, 0.4) is 0 Å². The summed E-state index contributed by atoms with van der Waals surface area (Å²) in [5, 5.41) is 5.23. The number of urea groups is 1. The van der Waals surface area contributed by atoms with Crippen LogP contribution in [0.5, 0.6) is 11.5 Å². The Morgan fingerprint density at radius 2 is 1.58 bits per heavy atom. The van der Waals surface area contributed by atoms with Gasteiger partial charge in [0.2, 0.25) is 6.79 Å². The summed E-state index contributed by atoms with van der Waals surface area (Å²) in [5.41, 5.74) is 1.33. The maximum absolute atomic E-state index is 12.6. The number of halogens is 3. The Hall–Kier alpha value is -2.90. The molecule has 3 rings (SSSR count). The monoisotopic (exact) mass is 366 g/mol. The van der Waals surface area contributed by atoms with E-state index in [0.29, 0.717) is 17.1 Å². The van der Waals surface area contributed by atoms with Gasteiger partial charge in [-0.15, -0.1) is 0 Å². The Balaban J connectivity index is 1.55. The Morgan fingerprint density at radius 3 is 2.31 bits per heavy atom. The lowest BCUT2D eigenvalue weighted by Crippen LogP contribution is -2.35. The van der Waals surface area contributed by atoms with Crippen LogP contribution in [0.4, 0.5) is 18.0 Å². The number of nitrogens with one attached hydrogen (secondary N) is 2. The molecule has 0 saturated heterocycles. The Bertz CT molecular complexity index is 793. The van der Waals surface area contributed by atoms with Gasteiger partial charge in [0.25, 0.3) is 0 Å². The van der Waals surface area contributed by atoms with Crippen LogP contribution in [0.1, 0.15) is 16.7 Å². The fourth-order valence-corrected chi connectivity index (χ4v) is 2.66. The number of fused-ring (bicyclic) bond motifs is 1. The van der Waals surface area contributed by atoms with E-state index in [9.17, 15) is 18.0 Å². The third-order valence-corrected chi connectivity index (χ3v) is 3.87. The number of hydrogen-bond donors (Lipinski definition) is 2. The van der Waals surface area contributed by atoms with Gasteiger partial charge in [0.1, 0.15) is 0 Å². The predicted octanol–water partition coefficient (Wildman–Crippen LogP) is 3.52. The first-order valence-electron chi connectivity index (χ1n) is 7.95. The molecular weight excluding hydrogens is 349 g/mol. The molecule has 26 heavy (non-hydrogen) atoms. The Labute approximate surface area is 148 Å². The molecule has 5 nitrogen and oxygen atoms in total. The number of alkyl halides is 3. The van der Waals surface area contributed by atoms with Crippen molar-refractivity contribution in [3.05, 3.63) is 59.2 Å². The molecule has 1 heterocycles. The summed E-state index contributed by atoms with van der Waals surface area (Å²) >= 11 is 0. The first kappa shape index (κ1) is 17.9. The second-order valence-corrected chi connectivity index (χ2v) is 5.75. The minimum atomic E-state index is -4.30. The molecule has 0 aromatic heterocycles. The predicted molar refractivity (Wildman–Crippen MR) is 87.8 cm³/mol. The molecule has 2 aromatic rings. The fourth-order valence-electron chi connectivity index (χ4n) is 2.66. The third-order valence-electron chi connectivity index (χ3n) is 3.87. The summed E-state index contributed by atoms with van der Waals surface area (Å²) in [6, 6.07) is 11.0. The van der Waals surface area contributed by atoms with E-state index in [0.717, 1.165) is 5.56 Å². The zero-order valence-corrected chi connectivity index (χ0v) is 13.7. The van der Waals surface area contributed by atoms with E-state index in [4.69, 9.17) is 9.47 Å². The van der Waals surface area contributed by atoms with Gasteiger partial charge in [-0.25, -0.2) is 4.79 Å². The van der Waals surface area contributed by atoms with Crippen molar-refractivity contribution in [1.29, 1.82) is 0 Å². The highest BCUT2D eigenvalue weighted by atomic mass is 19.4. The summed E-state index contributed by atoms with van der Waals surface area (Å²) in [6.45, 7) is 0.349. The summed E-state index contributed by atoms with van der Waals surface area (Å²) < 4.78 is 48.5. The van der Waals surface area contributed by atoms with Crippen molar-refractivity contribution in [2.24, 2.45) is 0 Å². The van der Waals surface area contributed by atoms with Crippen LogP contribution in [-0.4, -0.2) is 19.0 Å². The highest BCUT2D eigenvalue weighted by Crippen LogP contribution is 2.35. The highest BCUT2D eigenvalue weighted by molar-refractivity contribution is 5.74. The molecule has 0 bridgehead atoms. The molecule has 2 amide bonds. The van der Waals surface area contributed by atoms with E-state index in [1.807, 2.05) is 0 Å². The van der Waals surface area contributed by atoms with Crippen molar-refractivity contribution in [2.75, 3.05) is 6.79 Å². The molecule has 0 radical (unpaired) electrons. The third kappa shape index (κ3) is 4.59. The number of benzene rings is 2. The number of para-hydroxylation sites is 1. The van der Waals surface area contributed by atoms with Gasteiger partial charge in [0.15, 0.2) is 11.5 Å². The van der Waals surface area contributed by atoms with Crippen LogP contribution in [0, 0.1) is 0 Å². The number of carbonyl (C=O) groups excluding carboxylic acids is 1. The smallest absolute Gasteiger partial charge is 0.393 e. The Kier molecular flexibility index (Phi) is 5.20. The lowest BCUT2D eigenvalue weighted by molar-refractivity contribution is -0.127. The molecule has 2 aromatic carbocycles. The van der Waals surface area contributed by atoms with Crippen molar-refractivity contribution in [2.45, 2.75) is 25.7 Å². The van der Waals surface area contributed by atoms with Crippen molar-refractivity contribution < 1.29 is 27.4 Å². The number of rotatable bonds is 5. The zero-order valence-electron chi connectivity index (χ0n) is 13.7. The highest BCUT2D eigenvalue weighted by Gasteiger charge is 2.28. The standard InChI is InChI=1S/C18H17F3N2O3/c19-18(20,21)8-12-4-1-2-5-13(12)9-22-17(24)23-10-14-6-3-7-15-16(14)26-11-25-15/h1-7H,8-11H2,(H2,22,23,24). The maximum atomic E-state index is 12.6. The molecule has 1 aliphatic heterocycles. The first-order chi connectivity index (χ1) is 12.4. The van der Waals surface area contributed by atoms with Gasteiger partial charge in [-0.1, -0.05) is 36.4 Å². The average molecular weight is 366 g/mol. The second-order valence-electron chi connectivity index (χ2n) is 5.75. The zero-order chi connectivity index (χ0) is 18.6. The molecule has 0 atom stereocenters. The van der Waals surface area contributed by atoms with E-state index < -0.39 is 18.6 Å². The van der Waals surface area contributed by atoms with Gasteiger partial charge < -0.3 is 20.1 Å². The van der Waals surface area contributed by atoms with E-state index >= 15 is 0 Å². The van der Waals surface area contributed by atoms with Crippen LogP contribution in [0.2, 0.25) is 0 Å². The average Bonchev–Trinajstić information content (AvgIpc) is 3.07. The van der Waals surface area contributed by atoms with E-state index in [-0.39, 0.29) is 25.4 Å². The molecule has 0 unspecified atom stereocenters. The van der Waals surface area contributed by atoms with Crippen molar-refractivity contribution in [1.82, 2.24) is 10.6 Å². The quantitative estimate of drug-likeness (QED) is 0.851. The molecule has 0 aliphatic carbocycles. The molecule has 0 saturated carbocycles. The van der Waals surface area contributed by atoms with Crippen LogP contribution < -0.4 is 20.1 Å². The minimum Gasteiger partial charge on any atom is -0.454 e. The van der Waals surface area contributed by atoms with Crippen LogP contribution in [0.25, 0.3) is 0 Å².